The number of benzene rings is 1. The number of likely N-dealkylation sites (N-methyl/N-ethyl adjacent to an activating group) is 1. The van der Waals surface area contributed by atoms with Crippen LogP contribution in [-0.4, -0.2) is 52.0 Å². The van der Waals surface area contributed by atoms with Gasteiger partial charge in [0, 0.05) is 17.1 Å². The van der Waals surface area contributed by atoms with E-state index in [1.807, 2.05) is 6.92 Å². The van der Waals surface area contributed by atoms with E-state index in [9.17, 15) is 0 Å². The monoisotopic (exact) mass is 342 g/mol. The van der Waals surface area contributed by atoms with Gasteiger partial charge >= 0.3 is 0 Å². The number of rotatable bonds is 6. The maximum absolute atomic E-state index is 4.39. The number of H-pyrrole nitrogens is 1. The molecule has 0 bridgehead atoms. The van der Waals surface area contributed by atoms with E-state index in [4.69, 9.17) is 0 Å². The zero-order chi connectivity index (χ0) is 17.1. The highest BCUT2D eigenvalue weighted by Crippen LogP contribution is 2.25. The summed E-state index contributed by atoms with van der Waals surface area (Å²) in [5.74, 6) is 0.818. The molecule has 24 heavy (non-hydrogen) atoms. The molecule has 0 aliphatic carbocycles. The Hall–Kier alpha value is -2.12. The maximum Gasteiger partial charge on any atom is 0.186 e. The molecule has 1 atom stereocenters. The SMILES string of the molecule is CSc1ccc(C(CNc2ncnc3n[nH]c(C)c23)N(C)C)cc1. The van der Waals surface area contributed by atoms with Crippen LogP contribution in [0.4, 0.5) is 5.82 Å². The first-order valence-corrected chi connectivity index (χ1v) is 9.02. The molecule has 1 unspecified atom stereocenters. The highest BCUT2D eigenvalue weighted by molar-refractivity contribution is 7.98. The lowest BCUT2D eigenvalue weighted by Gasteiger charge is -2.25. The minimum atomic E-state index is 0.248. The first-order valence-electron chi connectivity index (χ1n) is 7.80. The summed E-state index contributed by atoms with van der Waals surface area (Å²) >= 11 is 1.76. The fraction of sp³-hybridized carbons (Fsp3) is 0.353. The fourth-order valence-corrected chi connectivity index (χ4v) is 3.16. The molecule has 126 valence electrons. The largest absolute Gasteiger partial charge is 0.367 e. The van der Waals surface area contributed by atoms with Crippen LogP contribution >= 0.6 is 11.8 Å². The molecule has 0 amide bonds. The molecule has 3 aromatic rings. The Morgan fingerprint density at radius 3 is 2.62 bits per heavy atom. The number of aromatic amines is 1. The smallest absolute Gasteiger partial charge is 0.186 e. The van der Waals surface area contributed by atoms with E-state index >= 15 is 0 Å². The van der Waals surface area contributed by atoms with E-state index < -0.39 is 0 Å². The van der Waals surface area contributed by atoms with Crippen LogP contribution in [0.1, 0.15) is 17.3 Å². The van der Waals surface area contributed by atoms with E-state index in [1.54, 1.807) is 18.1 Å². The zero-order valence-electron chi connectivity index (χ0n) is 14.4. The third-order valence-corrected chi connectivity index (χ3v) is 4.86. The van der Waals surface area contributed by atoms with E-state index in [0.29, 0.717) is 5.65 Å². The van der Waals surface area contributed by atoms with Crippen LogP contribution in [0.5, 0.6) is 0 Å². The van der Waals surface area contributed by atoms with E-state index in [1.165, 1.54) is 10.5 Å². The van der Waals surface area contributed by atoms with Gasteiger partial charge in [0.1, 0.15) is 12.1 Å². The molecule has 3 rings (SSSR count). The first kappa shape index (κ1) is 16.7. The Labute approximate surface area is 146 Å². The summed E-state index contributed by atoms with van der Waals surface area (Å²) < 4.78 is 0. The lowest BCUT2D eigenvalue weighted by Crippen LogP contribution is -2.27. The van der Waals surface area contributed by atoms with Crippen molar-refractivity contribution in [2.24, 2.45) is 0 Å². The summed E-state index contributed by atoms with van der Waals surface area (Å²) in [6, 6.07) is 8.96. The van der Waals surface area contributed by atoms with Crippen LogP contribution in [0.3, 0.4) is 0 Å². The number of hydrogen-bond donors (Lipinski definition) is 2. The van der Waals surface area contributed by atoms with Crippen molar-refractivity contribution in [3.63, 3.8) is 0 Å². The van der Waals surface area contributed by atoms with Gasteiger partial charge < -0.3 is 10.2 Å². The predicted octanol–water partition coefficient (Wildman–Crippen LogP) is 3.10. The quantitative estimate of drug-likeness (QED) is 0.671. The molecule has 0 radical (unpaired) electrons. The molecule has 0 saturated carbocycles. The summed E-state index contributed by atoms with van der Waals surface area (Å²) in [6.07, 6.45) is 3.64. The Bertz CT molecular complexity index is 812. The molecule has 0 aliphatic rings. The normalized spacial score (nSPS) is 12.7. The number of nitrogens with one attached hydrogen (secondary N) is 2. The molecule has 2 aromatic heterocycles. The summed E-state index contributed by atoms with van der Waals surface area (Å²) in [5.41, 5.74) is 2.94. The molecule has 1 aromatic carbocycles. The van der Waals surface area contributed by atoms with Gasteiger partial charge in [-0.3, -0.25) is 5.10 Å². The number of fused-ring (bicyclic) bond motifs is 1. The second-order valence-corrected chi connectivity index (χ2v) is 6.78. The van der Waals surface area contributed by atoms with Crippen LogP contribution < -0.4 is 5.32 Å². The number of hydrogen-bond acceptors (Lipinski definition) is 6. The van der Waals surface area contributed by atoms with E-state index in [-0.39, 0.29) is 6.04 Å². The van der Waals surface area contributed by atoms with Gasteiger partial charge in [0.05, 0.1) is 11.4 Å². The van der Waals surface area contributed by atoms with Crippen molar-refractivity contribution in [3.05, 3.63) is 41.9 Å². The molecule has 0 spiro atoms. The van der Waals surface area contributed by atoms with Gasteiger partial charge in [-0.2, -0.15) is 5.10 Å². The zero-order valence-corrected chi connectivity index (χ0v) is 15.2. The number of aryl methyl sites for hydroxylation is 1. The molecule has 2 N–H and O–H groups in total. The summed E-state index contributed by atoms with van der Waals surface area (Å²) in [7, 11) is 4.18. The maximum atomic E-state index is 4.39. The van der Waals surface area contributed by atoms with Crippen molar-refractivity contribution in [2.75, 3.05) is 32.2 Å². The Morgan fingerprint density at radius 1 is 1.21 bits per heavy atom. The predicted molar refractivity (Wildman–Crippen MR) is 99.6 cm³/mol. The van der Waals surface area contributed by atoms with Crippen molar-refractivity contribution < 1.29 is 0 Å². The van der Waals surface area contributed by atoms with Crippen LogP contribution in [0.2, 0.25) is 0 Å². The number of anilines is 1. The van der Waals surface area contributed by atoms with Crippen molar-refractivity contribution in [1.82, 2.24) is 25.1 Å². The van der Waals surface area contributed by atoms with Gasteiger partial charge in [-0.25, -0.2) is 9.97 Å². The van der Waals surface area contributed by atoms with Crippen molar-refractivity contribution in [3.8, 4) is 0 Å². The van der Waals surface area contributed by atoms with Gasteiger partial charge in [0.2, 0.25) is 0 Å². The number of nitrogens with zero attached hydrogens (tertiary/aromatic N) is 4. The second kappa shape index (κ2) is 7.19. The van der Waals surface area contributed by atoms with Crippen LogP contribution in [0.15, 0.2) is 35.5 Å². The lowest BCUT2D eigenvalue weighted by atomic mass is 10.1. The Balaban J connectivity index is 1.82. The van der Waals surface area contributed by atoms with Gasteiger partial charge in [-0.05, 0) is 45.0 Å². The van der Waals surface area contributed by atoms with Crippen molar-refractivity contribution >= 4 is 28.6 Å². The molecule has 2 heterocycles. The molecule has 0 fully saturated rings. The average Bonchev–Trinajstić information content (AvgIpc) is 2.97. The first-order chi connectivity index (χ1) is 11.6. The third-order valence-electron chi connectivity index (χ3n) is 4.12. The second-order valence-electron chi connectivity index (χ2n) is 5.90. The lowest BCUT2D eigenvalue weighted by molar-refractivity contribution is 0.311. The molecule has 0 saturated heterocycles. The van der Waals surface area contributed by atoms with Crippen LogP contribution in [-0.2, 0) is 0 Å². The minimum Gasteiger partial charge on any atom is -0.367 e. The highest BCUT2D eigenvalue weighted by atomic mass is 32.2. The minimum absolute atomic E-state index is 0.248. The van der Waals surface area contributed by atoms with Gasteiger partial charge in [-0.15, -0.1) is 11.8 Å². The van der Waals surface area contributed by atoms with Gasteiger partial charge in [-0.1, -0.05) is 12.1 Å². The third kappa shape index (κ3) is 3.37. The molecular weight excluding hydrogens is 320 g/mol. The fourth-order valence-electron chi connectivity index (χ4n) is 2.75. The standard InChI is InChI=1S/C17H22N6S/c1-11-15-16(19-10-20-17(15)22-21-11)18-9-14(23(2)3)12-5-7-13(24-4)8-6-12/h5-8,10,14H,9H2,1-4H3,(H2,18,19,20,21,22). The Morgan fingerprint density at radius 2 is 1.96 bits per heavy atom. The molecule has 0 aliphatic heterocycles. The summed E-state index contributed by atoms with van der Waals surface area (Å²) in [6.45, 7) is 2.73. The molecular formula is C17H22N6S. The van der Waals surface area contributed by atoms with E-state index in [2.05, 4.69) is 75.0 Å². The van der Waals surface area contributed by atoms with Crippen molar-refractivity contribution in [2.45, 2.75) is 17.9 Å². The molecule has 7 heteroatoms. The topological polar surface area (TPSA) is 69.7 Å². The van der Waals surface area contributed by atoms with Crippen LogP contribution in [0.25, 0.3) is 11.0 Å². The number of thioether (sulfide) groups is 1. The Kier molecular flexibility index (Phi) is 5.01. The number of aromatic nitrogens is 4. The van der Waals surface area contributed by atoms with Gasteiger partial charge in [0.25, 0.3) is 0 Å². The average molecular weight is 342 g/mol. The summed E-state index contributed by atoms with van der Waals surface area (Å²) in [5, 5.41) is 11.6. The van der Waals surface area contributed by atoms with E-state index in [0.717, 1.165) is 23.4 Å². The van der Waals surface area contributed by atoms with Crippen molar-refractivity contribution in [1.29, 1.82) is 0 Å². The highest BCUT2D eigenvalue weighted by Gasteiger charge is 2.16. The molecule has 6 nitrogen and oxygen atoms in total. The summed E-state index contributed by atoms with van der Waals surface area (Å²) in [4.78, 5) is 12.1. The van der Waals surface area contributed by atoms with Crippen LogP contribution in [0, 0.1) is 6.92 Å². The van der Waals surface area contributed by atoms with Gasteiger partial charge in [0.15, 0.2) is 5.65 Å².